The van der Waals surface area contributed by atoms with Crippen molar-refractivity contribution in [1.29, 1.82) is 0 Å². The molecular weight excluding hydrogens is 156 g/mol. The van der Waals surface area contributed by atoms with Crippen LogP contribution in [0.4, 0.5) is 5.95 Å². The van der Waals surface area contributed by atoms with Gasteiger partial charge in [-0.1, -0.05) is 6.92 Å². The maximum Gasteiger partial charge on any atom is 0.260 e. The second-order valence-corrected chi connectivity index (χ2v) is 3.08. The van der Waals surface area contributed by atoms with Crippen LogP contribution in [-0.4, -0.2) is 16.7 Å². The summed E-state index contributed by atoms with van der Waals surface area (Å²) in [5, 5.41) is 3.51. The zero-order chi connectivity index (χ0) is 9.19. The molecule has 0 fully saturated rings. The highest BCUT2D eigenvalue weighted by Gasteiger charge is 2.29. The first-order valence-corrected chi connectivity index (χ1v) is 3.92. The summed E-state index contributed by atoms with van der Waals surface area (Å²) in [6.45, 7) is 4.47. The maximum absolute atomic E-state index is 5.59. The van der Waals surface area contributed by atoms with Gasteiger partial charge in [-0.25, -0.2) is 0 Å². The van der Waals surface area contributed by atoms with Crippen molar-refractivity contribution in [2.75, 3.05) is 12.3 Å². The fourth-order valence-corrected chi connectivity index (χ4v) is 0.863. The Morgan fingerprint density at radius 2 is 2.25 bits per heavy atom. The predicted molar refractivity (Wildman–Crippen MR) is 45.4 cm³/mol. The zero-order valence-electron chi connectivity index (χ0n) is 7.37. The van der Waals surface area contributed by atoms with Crippen LogP contribution in [0, 0.1) is 0 Å². The van der Waals surface area contributed by atoms with Gasteiger partial charge in [0.2, 0.25) is 5.89 Å². The van der Waals surface area contributed by atoms with Crippen LogP contribution in [-0.2, 0) is 5.41 Å². The lowest BCUT2D eigenvalue weighted by Gasteiger charge is -2.20. The molecule has 4 N–H and O–H groups in total. The monoisotopic (exact) mass is 170 g/mol. The Bertz CT molecular complexity index is 254. The van der Waals surface area contributed by atoms with Crippen LogP contribution in [0.15, 0.2) is 4.52 Å². The molecule has 5 heteroatoms. The largest absolute Gasteiger partial charge is 0.365 e. The van der Waals surface area contributed by atoms with E-state index in [4.69, 9.17) is 16.0 Å². The van der Waals surface area contributed by atoms with Gasteiger partial charge in [-0.15, -0.1) is 0 Å². The van der Waals surface area contributed by atoms with Crippen molar-refractivity contribution in [1.82, 2.24) is 10.1 Å². The van der Waals surface area contributed by atoms with E-state index in [1.165, 1.54) is 0 Å². The molecular formula is C7H14N4O. The average Bonchev–Trinajstić information content (AvgIpc) is 2.51. The standard InChI is InChI=1S/C7H14N4O/c1-3-7(2,4-8)5-10-6(9)11-12-5/h3-4,8H2,1-2H3,(H2,9,11). The highest BCUT2D eigenvalue weighted by atomic mass is 16.5. The van der Waals surface area contributed by atoms with Crippen LogP contribution in [0.2, 0.25) is 0 Å². The van der Waals surface area contributed by atoms with Gasteiger partial charge in [0.15, 0.2) is 0 Å². The quantitative estimate of drug-likeness (QED) is 0.679. The molecule has 68 valence electrons. The first-order valence-electron chi connectivity index (χ1n) is 3.92. The van der Waals surface area contributed by atoms with E-state index in [2.05, 4.69) is 10.1 Å². The molecule has 0 amide bonds. The Balaban J connectivity index is 2.94. The van der Waals surface area contributed by atoms with Crippen molar-refractivity contribution in [3.63, 3.8) is 0 Å². The molecule has 1 rings (SSSR count). The van der Waals surface area contributed by atoms with Crippen LogP contribution >= 0.6 is 0 Å². The van der Waals surface area contributed by atoms with E-state index in [-0.39, 0.29) is 11.4 Å². The van der Waals surface area contributed by atoms with Crippen molar-refractivity contribution in [3.8, 4) is 0 Å². The lowest BCUT2D eigenvalue weighted by Crippen LogP contribution is -2.31. The fourth-order valence-electron chi connectivity index (χ4n) is 0.863. The van der Waals surface area contributed by atoms with E-state index >= 15 is 0 Å². The fraction of sp³-hybridized carbons (Fsp3) is 0.714. The lowest BCUT2D eigenvalue weighted by molar-refractivity contribution is 0.291. The second-order valence-electron chi connectivity index (χ2n) is 3.08. The molecule has 0 saturated heterocycles. The predicted octanol–water partition coefficient (Wildman–Crippen LogP) is 0.278. The number of hydrogen-bond donors (Lipinski definition) is 2. The van der Waals surface area contributed by atoms with E-state index < -0.39 is 0 Å². The van der Waals surface area contributed by atoms with E-state index in [9.17, 15) is 0 Å². The van der Waals surface area contributed by atoms with Gasteiger partial charge in [-0.2, -0.15) is 4.98 Å². The van der Waals surface area contributed by atoms with Crippen LogP contribution in [0.25, 0.3) is 0 Å². The molecule has 0 aliphatic carbocycles. The molecule has 0 aliphatic heterocycles. The number of aromatic nitrogens is 2. The summed E-state index contributed by atoms with van der Waals surface area (Å²) in [4.78, 5) is 3.94. The zero-order valence-corrected chi connectivity index (χ0v) is 7.37. The molecule has 5 nitrogen and oxygen atoms in total. The minimum Gasteiger partial charge on any atom is -0.365 e. The van der Waals surface area contributed by atoms with Gasteiger partial charge in [0.25, 0.3) is 5.95 Å². The van der Waals surface area contributed by atoms with Gasteiger partial charge in [0.05, 0.1) is 5.41 Å². The molecule has 1 aromatic rings. The molecule has 1 heterocycles. The van der Waals surface area contributed by atoms with Gasteiger partial charge in [-0.3, -0.25) is 0 Å². The van der Waals surface area contributed by atoms with Crippen LogP contribution < -0.4 is 11.5 Å². The van der Waals surface area contributed by atoms with Crippen LogP contribution in [0.1, 0.15) is 26.2 Å². The summed E-state index contributed by atoms with van der Waals surface area (Å²) >= 11 is 0. The smallest absolute Gasteiger partial charge is 0.260 e. The normalized spacial score (nSPS) is 15.9. The topological polar surface area (TPSA) is 91.0 Å². The number of nitrogens with zero attached hydrogens (tertiary/aromatic N) is 2. The highest BCUT2D eigenvalue weighted by molar-refractivity contribution is 5.15. The molecule has 0 saturated carbocycles. The number of nitrogen functional groups attached to an aromatic ring is 1. The van der Waals surface area contributed by atoms with E-state index in [0.29, 0.717) is 12.4 Å². The van der Waals surface area contributed by atoms with E-state index in [1.807, 2.05) is 13.8 Å². The van der Waals surface area contributed by atoms with Crippen molar-refractivity contribution >= 4 is 5.95 Å². The van der Waals surface area contributed by atoms with Crippen molar-refractivity contribution in [2.45, 2.75) is 25.7 Å². The summed E-state index contributed by atoms with van der Waals surface area (Å²) in [7, 11) is 0. The lowest BCUT2D eigenvalue weighted by atomic mass is 9.88. The molecule has 0 radical (unpaired) electrons. The highest BCUT2D eigenvalue weighted by Crippen LogP contribution is 2.24. The summed E-state index contributed by atoms with van der Waals surface area (Å²) in [6, 6.07) is 0. The molecule has 12 heavy (non-hydrogen) atoms. The van der Waals surface area contributed by atoms with Crippen LogP contribution in [0.3, 0.4) is 0 Å². The third kappa shape index (κ3) is 1.40. The number of rotatable bonds is 3. The Hall–Kier alpha value is -1.10. The molecule has 1 atom stereocenters. The maximum atomic E-state index is 5.59. The molecule has 0 aliphatic rings. The van der Waals surface area contributed by atoms with Gasteiger partial charge in [0, 0.05) is 6.54 Å². The van der Waals surface area contributed by atoms with Gasteiger partial charge in [-0.05, 0) is 18.5 Å². The Morgan fingerprint density at radius 1 is 1.58 bits per heavy atom. The SMILES string of the molecule is CCC(C)(CN)c1nc(N)no1. The molecule has 1 aromatic heterocycles. The molecule has 0 spiro atoms. The number of anilines is 1. The van der Waals surface area contributed by atoms with E-state index in [1.54, 1.807) is 0 Å². The molecule has 0 aromatic carbocycles. The van der Waals surface area contributed by atoms with Crippen molar-refractivity contribution < 1.29 is 4.52 Å². The molecule has 0 bridgehead atoms. The number of hydrogen-bond acceptors (Lipinski definition) is 5. The Kier molecular flexibility index (Phi) is 2.32. The van der Waals surface area contributed by atoms with Crippen LogP contribution in [0.5, 0.6) is 0 Å². The van der Waals surface area contributed by atoms with Crippen molar-refractivity contribution in [3.05, 3.63) is 5.89 Å². The third-order valence-electron chi connectivity index (χ3n) is 2.19. The van der Waals surface area contributed by atoms with Gasteiger partial charge < -0.3 is 16.0 Å². The first kappa shape index (κ1) is 8.99. The Morgan fingerprint density at radius 3 is 2.58 bits per heavy atom. The first-order chi connectivity index (χ1) is 5.62. The van der Waals surface area contributed by atoms with Crippen molar-refractivity contribution in [2.24, 2.45) is 5.73 Å². The summed E-state index contributed by atoms with van der Waals surface area (Å²) < 4.78 is 4.95. The number of nitrogens with two attached hydrogens (primary N) is 2. The van der Waals surface area contributed by atoms with E-state index in [0.717, 1.165) is 6.42 Å². The molecule has 1 unspecified atom stereocenters. The summed E-state index contributed by atoms with van der Waals surface area (Å²) in [5.74, 6) is 0.683. The third-order valence-corrected chi connectivity index (χ3v) is 2.19. The minimum atomic E-state index is -0.245. The summed E-state index contributed by atoms with van der Waals surface area (Å²) in [6.07, 6.45) is 0.852. The van der Waals surface area contributed by atoms with Gasteiger partial charge in [0.1, 0.15) is 0 Å². The Labute approximate surface area is 71.1 Å². The second kappa shape index (κ2) is 3.10. The summed E-state index contributed by atoms with van der Waals surface area (Å²) in [5.41, 5.74) is 10.7. The average molecular weight is 170 g/mol. The minimum absolute atomic E-state index is 0.165. The van der Waals surface area contributed by atoms with Gasteiger partial charge >= 0.3 is 0 Å².